The van der Waals surface area contributed by atoms with E-state index >= 15 is 0 Å². The fraction of sp³-hybridized carbons (Fsp3) is 0.167. The van der Waals surface area contributed by atoms with Gasteiger partial charge in [0.05, 0.1) is 6.54 Å². The highest BCUT2D eigenvalue weighted by Gasteiger charge is 1.93. The second kappa shape index (κ2) is 3.27. The Bertz CT molecular complexity index is 208. The molecule has 54 valence electrons. The quantitative estimate of drug-likeness (QED) is 0.497. The third-order valence-electron chi connectivity index (χ3n) is 1.08. The molecule has 4 heteroatoms. The first-order valence-electron chi connectivity index (χ1n) is 2.84. The third-order valence-corrected chi connectivity index (χ3v) is 1.21. The van der Waals surface area contributed by atoms with E-state index < -0.39 is 5.37 Å². The number of amides is 1. The Morgan fingerprint density at radius 2 is 2.60 bits per heavy atom. The molecule has 1 aromatic rings. The summed E-state index contributed by atoms with van der Waals surface area (Å²) in [4.78, 5) is 13.1. The van der Waals surface area contributed by atoms with Crippen molar-refractivity contribution < 1.29 is 4.79 Å². The molecule has 0 saturated heterocycles. The van der Waals surface area contributed by atoms with Gasteiger partial charge in [0.1, 0.15) is 0 Å². The van der Waals surface area contributed by atoms with Gasteiger partial charge in [0.2, 0.25) is 0 Å². The Kier molecular flexibility index (Phi) is 2.34. The van der Waals surface area contributed by atoms with Crippen molar-refractivity contribution in [1.29, 1.82) is 0 Å². The number of H-pyrrole nitrogens is 1. The number of hydrogen-bond donors (Lipinski definition) is 2. The lowest BCUT2D eigenvalue weighted by atomic mass is 10.4. The van der Waals surface area contributed by atoms with Crippen LogP contribution in [-0.2, 0) is 6.54 Å². The molecule has 0 atom stereocenters. The summed E-state index contributed by atoms with van der Waals surface area (Å²) >= 11 is 5.03. The number of rotatable bonds is 2. The highest BCUT2D eigenvalue weighted by molar-refractivity contribution is 6.62. The van der Waals surface area contributed by atoms with Gasteiger partial charge in [0.25, 0.3) is 0 Å². The lowest BCUT2D eigenvalue weighted by molar-refractivity contribution is 0.259. The minimum absolute atomic E-state index is 0.454. The third kappa shape index (κ3) is 2.11. The van der Waals surface area contributed by atoms with Gasteiger partial charge < -0.3 is 10.3 Å². The van der Waals surface area contributed by atoms with Crippen LogP contribution in [0.25, 0.3) is 0 Å². The van der Waals surface area contributed by atoms with Gasteiger partial charge in [-0.05, 0) is 23.7 Å². The molecular weight excluding hydrogens is 152 g/mol. The minimum atomic E-state index is -0.533. The second-order valence-electron chi connectivity index (χ2n) is 1.82. The zero-order chi connectivity index (χ0) is 7.40. The molecule has 1 heterocycles. The lowest BCUT2D eigenvalue weighted by Crippen LogP contribution is -2.15. The average molecular weight is 159 g/mol. The van der Waals surface area contributed by atoms with Crippen LogP contribution in [0.2, 0.25) is 0 Å². The van der Waals surface area contributed by atoms with Gasteiger partial charge in [-0.15, -0.1) is 0 Å². The predicted molar refractivity (Wildman–Crippen MR) is 38.9 cm³/mol. The maximum Gasteiger partial charge on any atom is 0.314 e. The lowest BCUT2D eigenvalue weighted by Gasteiger charge is -1.95. The number of halogens is 1. The molecule has 0 radical (unpaired) electrons. The van der Waals surface area contributed by atoms with Crippen LogP contribution < -0.4 is 5.32 Å². The molecule has 1 amide bonds. The van der Waals surface area contributed by atoms with E-state index in [1.807, 2.05) is 12.1 Å². The van der Waals surface area contributed by atoms with Crippen LogP contribution in [-0.4, -0.2) is 10.4 Å². The van der Waals surface area contributed by atoms with Crippen LogP contribution >= 0.6 is 11.6 Å². The first-order valence-corrected chi connectivity index (χ1v) is 3.22. The fourth-order valence-corrected chi connectivity index (χ4v) is 0.709. The molecule has 0 fully saturated rings. The van der Waals surface area contributed by atoms with Crippen molar-refractivity contribution in [1.82, 2.24) is 10.3 Å². The molecule has 0 aromatic carbocycles. The molecule has 0 aliphatic rings. The Labute approximate surface area is 63.4 Å². The van der Waals surface area contributed by atoms with Crippen molar-refractivity contribution >= 4 is 17.0 Å². The van der Waals surface area contributed by atoms with Gasteiger partial charge in [-0.2, -0.15) is 0 Å². The van der Waals surface area contributed by atoms with Gasteiger partial charge in [0.15, 0.2) is 0 Å². The number of hydrogen-bond acceptors (Lipinski definition) is 1. The molecule has 0 saturated carbocycles. The molecule has 1 aromatic heterocycles. The molecule has 0 bridgehead atoms. The summed E-state index contributed by atoms with van der Waals surface area (Å²) in [7, 11) is 0. The van der Waals surface area contributed by atoms with Gasteiger partial charge >= 0.3 is 5.37 Å². The topological polar surface area (TPSA) is 44.9 Å². The largest absolute Gasteiger partial charge is 0.364 e. The number of carbonyl (C=O) groups excluding carboxylic acids is 1. The van der Waals surface area contributed by atoms with Crippen molar-refractivity contribution in [3.05, 3.63) is 24.0 Å². The number of aromatic nitrogens is 1. The van der Waals surface area contributed by atoms with Crippen LogP contribution in [0, 0.1) is 0 Å². The standard InChI is InChI=1S/C6H7ClN2O/c7-6(10)9-4-5-2-1-3-8-5/h1-3,8H,4H2,(H,9,10). The van der Waals surface area contributed by atoms with Crippen LogP contribution in [0.1, 0.15) is 5.69 Å². The van der Waals surface area contributed by atoms with Gasteiger partial charge in [-0.3, -0.25) is 4.79 Å². The molecule has 1 rings (SSSR count). The molecule has 0 aliphatic heterocycles. The monoisotopic (exact) mass is 158 g/mol. The van der Waals surface area contributed by atoms with Crippen LogP contribution in [0.5, 0.6) is 0 Å². The van der Waals surface area contributed by atoms with Crippen molar-refractivity contribution in [2.45, 2.75) is 6.54 Å². The first-order chi connectivity index (χ1) is 4.79. The van der Waals surface area contributed by atoms with E-state index in [1.54, 1.807) is 6.20 Å². The average Bonchev–Trinajstić information content (AvgIpc) is 2.34. The van der Waals surface area contributed by atoms with Crippen molar-refractivity contribution in [3.8, 4) is 0 Å². The smallest absolute Gasteiger partial charge is 0.314 e. The summed E-state index contributed by atoms with van der Waals surface area (Å²) in [5.74, 6) is 0. The highest BCUT2D eigenvalue weighted by atomic mass is 35.5. The number of nitrogens with one attached hydrogen (secondary N) is 2. The predicted octanol–water partition coefficient (Wildman–Crippen LogP) is 1.46. The fourth-order valence-electron chi connectivity index (χ4n) is 0.642. The van der Waals surface area contributed by atoms with E-state index in [0.29, 0.717) is 6.54 Å². The Morgan fingerprint density at radius 1 is 1.80 bits per heavy atom. The summed E-state index contributed by atoms with van der Waals surface area (Å²) in [5.41, 5.74) is 0.939. The SMILES string of the molecule is O=C(Cl)NCc1ccc[nH]1. The van der Waals surface area contributed by atoms with E-state index in [9.17, 15) is 4.79 Å². The maximum atomic E-state index is 10.2. The summed E-state index contributed by atoms with van der Waals surface area (Å²) in [6.45, 7) is 0.454. The zero-order valence-corrected chi connectivity index (χ0v) is 5.98. The van der Waals surface area contributed by atoms with Crippen LogP contribution in [0.3, 0.4) is 0 Å². The molecule has 0 spiro atoms. The summed E-state index contributed by atoms with van der Waals surface area (Å²) in [5, 5.41) is 1.91. The summed E-state index contributed by atoms with van der Waals surface area (Å²) in [6, 6.07) is 3.72. The van der Waals surface area contributed by atoms with E-state index in [2.05, 4.69) is 10.3 Å². The molecule has 10 heavy (non-hydrogen) atoms. The van der Waals surface area contributed by atoms with Crippen molar-refractivity contribution in [2.24, 2.45) is 0 Å². The van der Waals surface area contributed by atoms with E-state index in [1.165, 1.54) is 0 Å². The van der Waals surface area contributed by atoms with E-state index in [-0.39, 0.29) is 0 Å². The van der Waals surface area contributed by atoms with Crippen molar-refractivity contribution in [3.63, 3.8) is 0 Å². The Morgan fingerprint density at radius 3 is 3.10 bits per heavy atom. The van der Waals surface area contributed by atoms with Gasteiger partial charge in [0, 0.05) is 11.9 Å². The summed E-state index contributed by atoms with van der Waals surface area (Å²) < 4.78 is 0. The second-order valence-corrected chi connectivity index (χ2v) is 2.17. The molecule has 2 N–H and O–H groups in total. The molecule has 3 nitrogen and oxygen atoms in total. The van der Waals surface area contributed by atoms with E-state index in [4.69, 9.17) is 11.6 Å². The maximum absolute atomic E-state index is 10.2. The van der Waals surface area contributed by atoms with Gasteiger partial charge in [-0.1, -0.05) is 0 Å². The number of carbonyl (C=O) groups is 1. The van der Waals surface area contributed by atoms with E-state index in [0.717, 1.165) is 5.69 Å². The summed E-state index contributed by atoms with van der Waals surface area (Å²) in [6.07, 6.45) is 1.79. The van der Waals surface area contributed by atoms with Crippen LogP contribution in [0.15, 0.2) is 18.3 Å². The van der Waals surface area contributed by atoms with Gasteiger partial charge in [-0.25, -0.2) is 0 Å². The minimum Gasteiger partial charge on any atom is -0.364 e. The highest BCUT2D eigenvalue weighted by Crippen LogP contribution is 1.93. The van der Waals surface area contributed by atoms with Crippen LogP contribution in [0.4, 0.5) is 4.79 Å². The Hall–Kier alpha value is -0.960. The molecular formula is C6H7ClN2O. The molecule has 0 unspecified atom stereocenters. The number of aromatic amines is 1. The first kappa shape index (κ1) is 7.15. The normalized spacial score (nSPS) is 9.30. The molecule has 0 aliphatic carbocycles. The Balaban J connectivity index is 2.35. The van der Waals surface area contributed by atoms with Crippen molar-refractivity contribution in [2.75, 3.05) is 0 Å². The zero-order valence-electron chi connectivity index (χ0n) is 5.23.